The van der Waals surface area contributed by atoms with Crippen LogP contribution in [0.25, 0.3) is 0 Å². The fourth-order valence-electron chi connectivity index (χ4n) is 1.61. The predicted molar refractivity (Wildman–Crippen MR) is 88.1 cm³/mol. The van der Waals surface area contributed by atoms with Gasteiger partial charge in [-0.3, -0.25) is 0 Å². The Balaban J connectivity index is 2.83. The van der Waals surface area contributed by atoms with Crippen molar-refractivity contribution in [1.82, 2.24) is 9.97 Å². The van der Waals surface area contributed by atoms with Gasteiger partial charge in [0, 0.05) is 24.3 Å². The van der Waals surface area contributed by atoms with Crippen molar-refractivity contribution in [3.8, 4) is 0 Å². The highest BCUT2D eigenvalue weighted by Crippen LogP contribution is 2.38. The summed E-state index contributed by atoms with van der Waals surface area (Å²) in [5.41, 5.74) is 0.890. The zero-order valence-corrected chi connectivity index (χ0v) is 15.6. The Labute approximate surface area is 133 Å². The van der Waals surface area contributed by atoms with Crippen LogP contribution in [-0.4, -0.2) is 24.4 Å². The van der Waals surface area contributed by atoms with Gasteiger partial charge >= 0.3 is 0 Å². The van der Waals surface area contributed by atoms with E-state index in [9.17, 15) is 0 Å². The lowest BCUT2D eigenvalue weighted by Crippen LogP contribution is -2.44. The lowest BCUT2D eigenvalue weighted by atomic mass is 10.1. The van der Waals surface area contributed by atoms with Crippen LogP contribution in [0.15, 0.2) is 6.20 Å². The van der Waals surface area contributed by atoms with Crippen molar-refractivity contribution >= 4 is 31.5 Å². The topological polar surface area (TPSA) is 35.0 Å². The van der Waals surface area contributed by atoms with Crippen molar-refractivity contribution in [2.24, 2.45) is 0 Å². The number of nitrogens with zero attached hydrogens (tertiary/aromatic N) is 2. The average Bonchev–Trinajstić information content (AvgIpc) is 2.29. The minimum absolute atomic E-state index is 0.137. The first kappa shape index (κ1) is 17.9. The van der Waals surface area contributed by atoms with Gasteiger partial charge in [0.05, 0.1) is 0 Å². The van der Waals surface area contributed by atoms with Gasteiger partial charge in [0.1, 0.15) is 5.15 Å². The molecule has 0 radical (unpaired) electrons. The van der Waals surface area contributed by atoms with Crippen LogP contribution in [-0.2, 0) is 10.8 Å². The molecular formula is C14H24Cl2N2OSi. The molecule has 6 heteroatoms. The van der Waals surface area contributed by atoms with Crippen molar-refractivity contribution in [3.05, 3.63) is 22.2 Å². The van der Waals surface area contributed by atoms with E-state index in [0.29, 0.717) is 5.15 Å². The molecular weight excluding hydrogens is 311 g/mol. The maximum absolute atomic E-state index is 6.43. The molecule has 1 unspecified atom stereocenters. The fraction of sp³-hybridized carbons (Fsp3) is 0.714. The Kier molecular flexibility index (Phi) is 6.02. The lowest BCUT2D eigenvalue weighted by molar-refractivity contribution is 0.176. The smallest absolute Gasteiger partial charge is 0.223 e. The van der Waals surface area contributed by atoms with Crippen LogP contribution in [0.3, 0.4) is 0 Å². The van der Waals surface area contributed by atoms with Crippen LogP contribution in [0, 0.1) is 0 Å². The number of hydrogen-bond acceptors (Lipinski definition) is 3. The van der Waals surface area contributed by atoms with E-state index in [4.69, 9.17) is 27.6 Å². The van der Waals surface area contributed by atoms with E-state index in [1.165, 1.54) is 0 Å². The normalized spacial score (nSPS) is 14.4. The summed E-state index contributed by atoms with van der Waals surface area (Å²) in [5.74, 6) is 0. The van der Waals surface area contributed by atoms with Crippen molar-refractivity contribution in [1.29, 1.82) is 0 Å². The number of aromatic nitrogens is 2. The Morgan fingerprint density at radius 1 is 1.30 bits per heavy atom. The molecule has 0 N–H and O–H groups in total. The third-order valence-corrected chi connectivity index (χ3v) is 9.00. The maximum atomic E-state index is 6.43. The highest BCUT2D eigenvalue weighted by atomic mass is 35.5. The van der Waals surface area contributed by atoms with E-state index in [1.54, 1.807) is 6.20 Å². The number of hydrogen-bond donors (Lipinski definition) is 0. The zero-order chi connectivity index (χ0) is 15.6. The summed E-state index contributed by atoms with van der Waals surface area (Å²) in [5, 5.41) is 0.792. The van der Waals surface area contributed by atoms with Crippen molar-refractivity contribution < 1.29 is 4.43 Å². The van der Waals surface area contributed by atoms with Crippen molar-refractivity contribution in [2.45, 2.75) is 64.8 Å². The summed E-state index contributed by atoms with van der Waals surface area (Å²) >= 11 is 11.8. The molecule has 3 nitrogen and oxygen atoms in total. The predicted octanol–water partition coefficient (Wildman–Crippen LogP) is 5.13. The largest absolute Gasteiger partial charge is 0.414 e. The zero-order valence-electron chi connectivity index (χ0n) is 13.1. The highest BCUT2D eigenvalue weighted by Gasteiger charge is 2.38. The lowest BCUT2D eigenvalue weighted by Gasteiger charge is -2.39. The molecule has 0 spiro atoms. The van der Waals surface area contributed by atoms with Crippen LogP contribution in [0.1, 0.15) is 39.7 Å². The summed E-state index contributed by atoms with van der Waals surface area (Å²) in [6.07, 6.45) is 3.48. The van der Waals surface area contributed by atoms with Gasteiger partial charge in [-0.1, -0.05) is 39.3 Å². The number of rotatable bonds is 5. The molecule has 0 aromatic carbocycles. The fourth-order valence-corrected chi connectivity index (χ4v) is 3.43. The van der Waals surface area contributed by atoms with Gasteiger partial charge in [-0.2, -0.15) is 0 Å². The molecule has 1 aromatic heterocycles. The van der Waals surface area contributed by atoms with E-state index >= 15 is 0 Å². The van der Waals surface area contributed by atoms with Gasteiger partial charge in [-0.15, -0.1) is 0 Å². The van der Waals surface area contributed by atoms with E-state index in [0.717, 1.165) is 18.4 Å². The second kappa shape index (κ2) is 6.73. The summed E-state index contributed by atoms with van der Waals surface area (Å²) in [7, 11) is -1.78. The Bertz CT molecular complexity index is 461. The molecule has 0 fully saturated rings. The van der Waals surface area contributed by atoms with Gasteiger partial charge in [0.15, 0.2) is 8.32 Å². The Morgan fingerprint density at radius 2 is 1.90 bits per heavy atom. The third kappa shape index (κ3) is 4.69. The molecule has 1 heterocycles. The molecule has 1 rings (SSSR count). The number of halogens is 2. The molecule has 0 aliphatic heterocycles. The minimum Gasteiger partial charge on any atom is -0.414 e. The second-order valence-electron chi connectivity index (χ2n) is 6.57. The van der Waals surface area contributed by atoms with Crippen LogP contribution in [0.2, 0.25) is 28.6 Å². The minimum atomic E-state index is -1.78. The summed E-state index contributed by atoms with van der Waals surface area (Å²) in [4.78, 5) is 7.98. The van der Waals surface area contributed by atoms with Crippen LogP contribution < -0.4 is 0 Å². The van der Waals surface area contributed by atoms with E-state index < -0.39 is 8.32 Å². The molecule has 0 saturated heterocycles. The quantitative estimate of drug-likeness (QED) is 0.425. The first-order valence-corrected chi connectivity index (χ1v) is 10.6. The van der Waals surface area contributed by atoms with Crippen molar-refractivity contribution in [3.63, 3.8) is 0 Å². The molecule has 1 aromatic rings. The highest BCUT2D eigenvalue weighted by molar-refractivity contribution is 6.74. The van der Waals surface area contributed by atoms with Gasteiger partial charge in [0.25, 0.3) is 0 Å². The van der Waals surface area contributed by atoms with Crippen molar-refractivity contribution in [2.75, 3.05) is 0 Å². The molecule has 0 bridgehead atoms. The van der Waals surface area contributed by atoms with E-state index in [1.807, 2.05) is 0 Å². The molecule has 0 amide bonds. The average molecular weight is 335 g/mol. The molecule has 114 valence electrons. The first-order chi connectivity index (χ1) is 9.06. The van der Waals surface area contributed by atoms with E-state index in [2.05, 4.69) is 50.8 Å². The van der Waals surface area contributed by atoms with Gasteiger partial charge < -0.3 is 4.43 Å². The summed E-state index contributed by atoms with van der Waals surface area (Å²) in [6.45, 7) is 13.4. The van der Waals surface area contributed by atoms with Gasteiger partial charge in [-0.25, -0.2) is 9.97 Å². The van der Waals surface area contributed by atoms with Crippen LogP contribution >= 0.6 is 23.2 Å². The van der Waals surface area contributed by atoms with Gasteiger partial charge in [0.2, 0.25) is 5.28 Å². The molecule has 20 heavy (non-hydrogen) atoms. The molecule has 0 aliphatic rings. The Morgan fingerprint density at radius 3 is 2.35 bits per heavy atom. The van der Waals surface area contributed by atoms with Gasteiger partial charge in [-0.05, 0) is 36.2 Å². The van der Waals surface area contributed by atoms with E-state index in [-0.39, 0.29) is 16.4 Å². The first-order valence-electron chi connectivity index (χ1n) is 6.91. The van der Waals surface area contributed by atoms with Crippen LogP contribution in [0.4, 0.5) is 0 Å². The molecule has 0 saturated carbocycles. The standard InChI is InChI=1S/C14H24Cl2N2OSi/c1-7-11(19-20(5,6)14(2,3)4)8-10-9-17-13(16)18-12(10)15/h9,11H,7-8H2,1-6H3. The molecule has 1 atom stereocenters. The maximum Gasteiger partial charge on any atom is 0.223 e. The third-order valence-electron chi connectivity index (χ3n) is 3.95. The second-order valence-corrected chi connectivity index (χ2v) is 12.0. The summed E-state index contributed by atoms with van der Waals surface area (Å²) < 4.78 is 6.43. The SMILES string of the molecule is CCC(Cc1cnc(Cl)nc1Cl)O[Si](C)(C)C(C)(C)C. The molecule has 0 aliphatic carbocycles. The monoisotopic (exact) mass is 334 g/mol. The Hall–Kier alpha value is -0.163. The van der Waals surface area contributed by atoms with Crippen LogP contribution in [0.5, 0.6) is 0 Å². The summed E-state index contributed by atoms with van der Waals surface area (Å²) in [6, 6.07) is 0.